The average molecular weight is 375 g/mol. The molecule has 1 amide bonds. The van der Waals surface area contributed by atoms with Crippen LogP contribution in [-0.2, 0) is 0 Å². The molecule has 0 aliphatic carbocycles. The molecule has 2 heterocycles. The lowest BCUT2D eigenvalue weighted by atomic mass is 10.1. The van der Waals surface area contributed by atoms with Crippen molar-refractivity contribution in [3.05, 3.63) is 67.2 Å². The molecule has 3 aromatic rings. The second-order valence-corrected chi connectivity index (χ2v) is 7.13. The van der Waals surface area contributed by atoms with E-state index in [1.807, 2.05) is 6.07 Å². The number of hydrogen-bond donors (Lipinski definition) is 1. The van der Waals surface area contributed by atoms with Gasteiger partial charge in [0, 0.05) is 15.3 Å². The first-order valence-corrected chi connectivity index (χ1v) is 8.84. The highest BCUT2D eigenvalue weighted by Crippen LogP contribution is 2.23. The van der Waals surface area contributed by atoms with Crippen LogP contribution in [-0.4, -0.2) is 12.1 Å². The van der Waals surface area contributed by atoms with Gasteiger partial charge in [0.25, 0.3) is 5.91 Å². The summed E-state index contributed by atoms with van der Waals surface area (Å²) in [6, 6.07) is 6.65. The molecule has 0 atom stereocenters. The number of nitrogens with one attached hydrogen (secondary N) is 1. The van der Waals surface area contributed by atoms with Crippen LogP contribution < -0.4 is 10.9 Å². The minimum Gasteiger partial charge on any atom is -0.463 e. The standard InChI is InChI=1S/C18H15ClN2O3S/c1-10(2)16-5-11(9-25-16)18(23)21-20-7-12-8-24-15-4-3-13(19)6-14(15)17(12)22/h3-10H,1-2H3,(H,21,23). The van der Waals surface area contributed by atoms with Crippen molar-refractivity contribution >= 4 is 46.0 Å². The first-order valence-electron chi connectivity index (χ1n) is 7.58. The van der Waals surface area contributed by atoms with Crippen molar-refractivity contribution in [3.63, 3.8) is 0 Å². The predicted octanol–water partition coefficient (Wildman–Crippen LogP) is 4.40. The van der Waals surface area contributed by atoms with Gasteiger partial charge in [-0.1, -0.05) is 25.4 Å². The quantitative estimate of drug-likeness (QED) is 0.543. The molecule has 1 aromatic carbocycles. The fourth-order valence-corrected chi connectivity index (χ4v) is 3.28. The Labute approximate surface area is 152 Å². The molecule has 0 aliphatic rings. The van der Waals surface area contributed by atoms with E-state index in [0.717, 1.165) is 4.88 Å². The Hall–Kier alpha value is -2.44. The third-order valence-electron chi connectivity index (χ3n) is 3.58. The van der Waals surface area contributed by atoms with Crippen LogP contribution in [0.3, 0.4) is 0 Å². The zero-order valence-corrected chi connectivity index (χ0v) is 15.1. The van der Waals surface area contributed by atoms with Crippen LogP contribution in [0.25, 0.3) is 11.0 Å². The molecule has 0 aliphatic heterocycles. The van der Waals surface area contributed by atoms with Gasteiger partial charge in [0.15, 0.2) is 0 Å². The molecule has 0 radical (unpaired) electrons. The molecule has 128 valence electrons. The van der Waals surface area contributed by atoms with E-state index in [2.05, 4.69) is 24.4 Å². The van der Waals surface area contributed by atoms with Crippen LogP contribution >= 0.6 is 22.9 Å². The lowest BCUT2D eigenvalue weighted by Gasteiger charge is -2.00. The topological polar surface area (TPSA) is 71.7 Å². The summed E-state index contributed by atoms with van der Waals surface area (Å²) in [5.74, 6) is 0.0386. The number of nitrogens with zero attached hydrogens (tertiary/aromatic N) is 1. The van der Waals surface area contributed by atoms with Gasteiger partial charge < -0.3 is 4.42 Å². The maximum Gasteiger partial charge on any atom is 0.272 e. The molecule has 3 rings (SSSR count). The second kappa shape index (κ2) is 7.21. The van der Waals surface area contributed by atoms with E-state index >= 15 is 0 Å². The lowest BCUT2D eigenvalue weighted by molar-refractivity contribution is 0.0955. The molecule has 0 saturated heterocycles. The smallest absolute Gasteiger partial charge is 0.272 e. The normalized spacial score (nSPS) is 11.5. The van der Waals surface area contributed by atoms with E-state index in [9.17, 15) is 9.59 Å². The van der Waals surface area contributed by atoms with Gasteiger partial charge in [0.2, 0.25) is 5.43 Å². The first kappa shape index (κ1) is 17.4. The molecule has 25 heavy (non-hydrogen) atoms. The monoisotopic (exact) mass is 374 g/mol. The minimum absolute atomic E-state index is 0.225. The summed E-state index contributed by atoms with van der Waals surface area (Å²) in [4.78, 5) is 25.6. The highest BCUT2D eigenvalue weighted by molar-refractivity contribution is 7.10. The Kier molecular flexibility index (Phi) is 5.01. The number of halogens is 1. The first-order chi connectivity index (χ1) is 12.0. The Morgan fingerprint density at radius 1 is 1.36 bits per heavy atom. The van der Waals surface area contributed by atoms with Crippen LogP contribution in [0.4, 0.5) is 0 Å². The Bertz CT molecular complexity index is 1020. The van der Waals surface area contributed by atoms with Crippen molar-refractivity contribution in [2.24, 2.45) is 5.10 Å². The molecule has 0 spiro atoms. The zero-order valence-electron chi connectivity index (χ0n) is 13.6. The Morgan fingerprint density at radius 2 is 2.16 bits per heavy atom. The zero-order chi connectivity index (χ0) is 18.0. The van der Waals surface area contributed by atoms with E-state index in [-0.39, 0.29) is 16.9 Å². The van der Waals surface area contributed by atoms with Crippen molar-refractivity contribution in [2.45, 2.75) is 19.8 Å². The number of carbonyl (C=O) groups excluding carboxylic acids is 1. The van der Waals surface area contributed by atoms with Crippen LogP contribution in [0.15, 0.2) is 50.2 Å². The lowest BCUT2D eigenvalue weighted by Crippen LogP contribution is -2.18. The van der Waals surface area contributed by atoms with Crippen molar-refractivity contribution in [3.8, 4) is 0 Å². The molecular weight excluding hydrogens is 360 g/mol. The molecule has 7 heteroatoms. The SMILES string of the molecule is CC(C)c1cc(C(=O)NN=Cc2coc3ccc(Cl)cc3c2=O)cs1. The third-order valence-corrected chi connectivity index (χ3v) is 5.05. The number of benzene rings is 1. The van der Waals surface area contributed by atoms with Gasteiger partial charge in [-0.25, -0.2) is 5.43 Å². The van der Waals surface area contributed by atoms with Gasteiger partial charge in [-0.15, -0.1) is 11.3 Å². The van der Waals surface area contributed by atoms with Gasteiger partial charge in [-0.2, -0.15) is 5.10 Å². The summed E-state index contributed by atoms with van der Waals surface area (Å²) in [5.41, 5.74) is 3.36. The Balaban J connectivity index is 1.77. The van der Waals surface area contributed by atoms with Gasteiger partial charge >= 0.3 is 0 Å². The van der Waals surface area contributed by atoms with Crippen molar-refractivity contribution in [1.82, 2.24) is 5.43 Å². The van der Waals surface area contributed by atoms with Gasteiger partial charge in [0.05, 0.1) is 22.7 Å². The number of carbonyl (C=O) groups is 1. The fourth-order valence-electron chi connectivity index (χ4n) is 2.21. The molecule has 2 aromatic heterocycles. The molecule has 1 N–H and O–H groups in total. The highest BCUT2D eigenvalue weighted by atomic mass is 35.5. The number of amides is 1. The van der Waals surface area contributed by atoms with E-state index in [4.69, 9.17) is 16.0 Å². The van der Waals surface area contributed by atoms with Crippen LogP contribution in [0.2, 0.25) is 5.02 Å². The summed E-state index contributed by atoms with van der Waals surface area (Å²) in [7, 11) is 0. The summed E-state index contributed by atoms with van der Waals surface area (Å²) in [6.45, 7) is 4.13. The fraction of sp³-hybridized carbons (Fsp3) is 0.167. The summed E-state index contributed by atoms with van der Waals surface area (Å²) < 4.78 is 5.39. The van der Waals surface area contributed by atoms with Gasteiger partial charge in [-0.05, 0) is 30.2 Å². The number of rotatable bonds is 4. The van der Waals surface area contributed by atoms with E-state index in [1.54, 1.807) is 17.5 Å². The molecule has 5 nitrogen and oxygen atoms in total. The third kappa shape index (κ3) is 3.81. The van der Waals surface area contributed by atoms with Crippen LogP contribution in [0.5, 0.6) is 0 Å². The second-order valence-electron chi connectivity index (χ2n) is 5.75. The summed E-state index contributed by atoms with van der Waals surface area (Å²) >= 11 is 7.44. The van der Waals surface area contributed by atoms with E-state index < -0.39 is 0 Å². The van der Waals surface area contributed by atoms with E-state index in [1.165, 1.54) is 29.9 Å². The number of hydrogen-bond acceptors (Lipinski definition) is 5. The van der Waals surface area contributed by atoms with Gasteiger partial charge in [-0.3, -0.25) is 9.59 Å². The molecule has 0 saturated carbocycles. The summed E-state index contributed by atoms with van der Waals surface area (Å²) in [6.07, 6.45) is 2.56. The van der Waals surface area contributed by atoms with Crippen molar-refractivity contribution in [2.75, 3.05) is 0 Å². The Morgan fingerprint density at radius 3 is 2.88 bits per heavy atom. The average Bonchev–Trinajstić information content (AvgIpc) is 3.08. The maximum absolute atomic E-state index is 12.4. The number of hydrazone groups is 1. The largest absolute Gasteiger partial charge is 0.463 e. The van der Waals surface area contributed by atoms with Crippen molar-refractivity contribution in [1.29, 1.82) is 0 Å². The summed E-state index contributed by atoms with van der Waals surface area (Å²) in [5, 5.41) is 6.44. The molecule has 0 fully saturated rings. The van der Waals surface area contributed by atoms with Gasteiger partial charge in [0.1, 0.15) is 11.8 Å². The molecule has 0 bridgehead atoms. The van der Waals surface area contributed by atoms with Crippen molar-refractivity contribution < 1.29 is 9.21 Å². The molecule has 0 unspecified atom stereocenters. The predicted molar refractivity (Wildman–Crippen MR) is 101 cm³/mol. The van der Waals surface area contributed by atoms with Crippen LogP contribution in [0.1, 0.15) is 40.6 Å². The highest BCUT2D eigenvalue weighted by Gasteiger charge is 2.10. The molecular formula is C18H15ClN2O3S. The van der Waals surface area contributed by atoms with Crippen LogP contribution in [0, 0.1) is 0 Å². The van der Waals surface area contributed by atoms with E-state index in [0.29, 0.717) is 27.5 Å². The minimum atomic E-state index is -0.326. The number of thiophene rings is 1. The maximum atomic E-state index is 12.4. The number of fused-ring (bicyclic) bond motifs is 1.